The number of benzene rings is 3. The fourth-order valence-electron chi connectivity index (χ4n) is 3.28. The Kier molecular flexibility index (Phi) is 8.56. The van der Waals surface area contributed by atoms with Gasteiger partial charge >= 0.3 is 5.97 Å². The summed E-state index contributed by atoms with van der Waals surface area (Å²) >= 11 is 0. The Morgan fingerprint density at radius 1 is 0.857 bits per heavy atom. The number of carbonyl (C=O) groups excluding carboxylic acids is 3. The Bertz CT molecular complexity index is 1230. The predicted molar refractivity (Wildman–Crippen MR) is 129 cm³/mol. The first kappa shape index (κ1) is 25.4. The van der Waals surface area contributed by atoms with E-state index in [0.717, 1.165) is 0 Å². The summed E-state index contributed by atoms with van der Waals surface area (Å²) in [6, 6.07) is 16.6. The second-order valence-corrected chi connectivity index (χ2v) is 7.42. The number of para-hydroxylation sites is 1. The van der Waals surface area contributed by atoms with Crippen molar-refractivity contribution in [1.29, 1.82) is 0 Å². The van der Waals surface area contributed by atoms with Crippen LogP contribution in [0.1, 0.15) is 47.1 Å². The first-order valence-corrected chi connectivity index (χ1v) is 11.1. The highest BCUT2D eigenvalue weighted by Crippen LogP contribution is 2.30. The van der Waals surface area contributed by atoms with Gasteiger partial charge in [0.05, 0.1) is 24.5 Å². The molecule has 0 radical (unpaired) electrons. The number of hydrogen-bond donors (Lipinski definition) is 1. The average Bonchev–Trinajstić information content (AvgIpc) is 2.86. The molecule has 0 spiro atoms. The van der Waals surface area contributed by atoms with E-state index in [-0.39, 0.29) is 16.8 Å². The highest BCUT2D eigenvalue weighted by Gasteiger charge is 2.24. The molecule has 3 rings (SSSR count). The molecule has 1 N–H and O–H groups in total. The van der Waals surface area contributed by atoms with Crippen molar-refractivity contribution in [3.63, 3.8) is 0 Å². The minimum atomic E-state index is -1.24. The smallest absolute Gasteiger partial charge is 0.339 e. The number of ether oxygens (including phenoxy) is 3. The third-order valence-corrected chi connectivity index (χ3v) is 4.98. The van der Waals surface area contributed by atoms with E-state index in [1.54, 1.807) is 36.4 Å². The molecule has 0 fully saturated rings. The monoisotopic (exact) mass is 479 g/mol. The number of carbonyl (C=O) groups is 3. The first-order chi connectivity index (χ1) is 16.8. The Morgan fingerprint density at radius 2 is 1.49 bits per heavy atom. The molecule has 0 heterocycles. The zero-order valence-corrected chi connectivity index (χ0v) is 19.7. The number of esters is 1. The molecule has 7 nitrogen and oxygen atoms in total. The van der Waals surface area contributed by atoms with Crippen molar-refractivity contribution in [3.05, 3.63) is 89.2 Å². The van der Waals surface area contributed by atoms with Crippen molar-refractivity contribution >= 4 is 23.3 Å². The molecule has 0 bridgehead atoms. The number of rotatable bonds is 10. The zero-order valence-electron chi connectivity index (χ0n) is 19.7. The van der Waals surface area contributed by atoms with Crippen molar-refractivity contribution < 1.29 is 33.0 Å². The topological polar surface area (TPSA) is 90.9 Å². The van der Waals surface area contributed by atoms with Gasteiger partial charge in [-0.15, -0.1) is 0 Å². The number of hydrogen-bond acceptors (Lipinski definition) is 6. The van der Waals surface area contributed by atoms with Gasteiger partial charge in [0.25, 0.3) is 5.91 Å². The van der Waals surface area contributed by atoms with E-state index < -0.39 is 29.6 Å². The molecule has 1 unspecified atom stereocenters. The Hall–Kier alpha value is -4.20. The van der Waals surface area contributed by atoms with Crippen LogP contribution in [0.2, 0.25) is 0 Å². The van der Waals surface area contributed by atoms with Crippen LogP contribution in [0.5, 0.6) is 11.5 Å². The van der Waals surface area contributed by atoms with Crippen LogP contribution in [0.3, 0.4) is 0 Å². The molecule has 0 saturated carbocycles. The molecule has 0 aliphatic carbocycles. The van der Waals surface area contributed by atoms with Crippen LogP contribution in [-0.4, -0.2) is 37.0 Å². The number of ketones is 1. The zero-order chi connectivity index (χ0) is 25.4. The summed E-state index contributed by atoms with van der Waals surface area (Å²) in [4.78, 5) is 38.5. The highest BCUT2D eigenvalue weighted by molar-refractivity contribution is 6.15. The van der Waals surface area contributed by atoms with Crippen molar-refractivity contribution in [1.82, 2.24) is 0 Å². The third kappa shape index (κ3) is 6.23. The molecule has 0 saturated heterocycles. The van der Waals surface area contributed by atoms with Gasteiger partial charge < -0.3 is 19.5 Å². The predicted octanol–water partition coefficient (Wildman–Crippen LogP) is 5.04. The van der Waals surface area contributed by atoms with E-state index in [2.05, 4.69) is 5.32 Å². The summed E-state index contributed by atoms with van der Waals surface area (Å²) in [5.41, 5.74) is 0.361. The van der Waals surface area contributed by atoms with Gasteiger partial charge in [-0.2, -0.15) is 0 Å². The van der Waals surface area contributed by atoms with Crippen molar-refractivity contribution in [2.45, 2.75) is 26.9 Å². The summed E-state index contributed by atoms with van der Waals surface area (Å²) in [6.45, 7) is 5.84. The summed E-state index contributed by atoms with van der Waals surface area (Å²) in [5, 5.41) is 2.38. The van der Waals surface area contributed by atoms with Gasteiger partial charge in [-0.3, -0.25) is 9.59 Å². The fourth-order valence-corrected chi connectivity index (χ4v) is 3.28. The minimum Gasteiger partial charge on any atom is -0.490 e. The number of anilines is 1. The summed E-state index contributed by atoms with van der Waals surface area (Å²) < 4.78 is 30.2. The van der Waals surface area contributed by atoms with Gasteiger partial charge in [-0.05, 0) is 57.2 Å². The molecule has 35 heavy (non-hydrogen) atoms. The Morgan fingerprint density at radius 3 is 2.17 bits per heavy atom. The highest BCUT2D eigenvalue weighted by atomic mass is 19.1. The van der Waals surface area contributed by atoms with Gasteiger partial charge in [0, 0.05) is 11.1 Å². The molecule has 1 atom stereocenters. The fraction of sp³-hybridized carbons (Fsp3) is 0.222. The number of halogens is 1. The number of nitrogens with one attached hydrogen (secondary N) is 1. The molecule has 1 amide bonds. The summed E-state index contributed by atoms with van der Waals surface area (Å²) in [5.74, 6) is -1.68. The molecule has 0 aliphatic heterocycles. The van der Waals surface area contributed by atoms with Crippen LogP contribution in [0.15, 0.2) is 66.7 Å². The van der Waals surface area contributed by atoms with Crippen LogP contribution < -0.4 is 14.8 Å². The van der Waals surface area contributed by atoms with Gasteiger partial charge in [0.2, 0.25) is 0 Å². The van der Waals surface area contributed by atoms with E-state index in [4.69, 9.17) is 14.2 Å². The number of amides is 1. The maximum Gasteiger partial charge on any atom is 0.339 e. The van der Waals surface area contributed by atoms with E-state index in [1.165, 1.54) is 37.3 Å². The molecule has 0 aromatic heterocycles. The molecule has 182 valence electrons. The lowest BCUT2D eigenvalue weighted by atomic mass is 9.98. The maximum absolute atomic E-state index is 13.8. The quantitative estimate of drug-likeness (QED) is 0.324. The minimum absolute atomic E-state index is 0.00473. The molecular formula is C27H26FNO6. The summed E-state index contributed by atoms with van der Waals surface area (Å²) in [7, 11) is 0. The van der Waals surface area contributed by atoms with Crippen LogP contribution >= 0.6 is 0 Å². The van der Waals surface area contributed by atoms with Gasteiger partial charge in [-0.1, -0.05) is 30.3 Å². The van der Waals surface area contributed by atoms with E-state index in [1.807, 2.05) is 13.8 Å². The first-order valence-electron chi connectivity index (χ1n) is 11.1. The summed E-state index contributed by atoms with van der Waals surface area (Å²) in [6.07, 6.45) is -1.24. The standard InChI is InChI=1S/C27H26FNO6/c1-4-33-23-15-14-18(16-24(23)34-5-2)25(30)19-10-6-7-11-20(19)27(32)35-17(3)26(31)29-22-13-9-8-12-21(22)28/h6-17H,4-5H2,1-3H3,(H,29,31). The van der Waals surface area contributed by atoms with Gasteiger partial charge in [0.15, 0.2) is 23.4 Å². The lowest BCUT2D eigenvalue weighted by Gasteiger charge is -2.16. The van der Waals surface area contributed by atoms with Crippen LogP contribution in [0.25, 0.3) is 0 Å². The Balaban J connectivity index is 1.80. The van der Waals surface area contributed by atoms with Crippen molar-refractivity contribution in [3.8, 4) is 11.5 Å². The molecular weight excluding hydrogens is 453 g/mol. The second-order valence-electron chi connectivity index (χ2n) is 7.42. The molecule has 3 aromatic rings. The van der Waals surface area contributed by atoms with Crippen LogP contribution in [-0.2, 0) is 9.53 Å². The lowest BCUT2D eigenvalue weighted by molar-refractivity contribution is -0.123. The van der Waals surface area contributed by atoms with Gasteiger partial charge in [-0.25, -0.2) is 9.18 Å². The molecule has 3 aromatic carbocycles. The largest absolute Gasteiger partial charge is 0.490 e. The van der Waals surface area contributed by atoms with Gasteiger partial charge in [0.1, 0.15) is 5.82 Å². The second kappa shape index (κ2) is 11.8. The van der Waals surface area contributed by atoms with Crippen molar-refractivity contribution in [2.75, 3.05) is 18.5 Å². The van der Waals surface area contributed by atoms with Crippen molar-refractivity contribution in [2.24, 2.45) is 0 Å². The normalized spacial score (nSPS) is 11.3. The SMILES string of the molecule is CCOc1ccc(C(=O)c2ccccc2C(=O)OC(C)C(=O)Nc2ccccc2F)cc1OCC. The third-order valence-electron chi connectivity index (χ3n) is 4.98. The van der Waals surface area contributed by atoms with E-state index in [0.29, 0.717) is 30.3 Å². The lowest BCUT2D eigenvalue weighted by Crippen LogP contribution is -2.30. The maximum atomic E-state index is 13.8. The van der Waals surface area contributed by atoms with E-state index in [9.17, 15) is 18.8 Å². The molecule has 0 aliphatic rings. The van der Waals surface area contributed by atoms with Crippen LogP contribution in [0.4, 0.5) is 10.1 Å². The average molecular weight is 480 g/mol. The van der Waals surface area contributed by atoms with Crippen LogP contribution in [0, 0.1) is 5.82 Å². The Labute approximate surface area is 202 Å². The molecule has 8 heteroatoms. The van der Waals surface area contributed by atoms with E-state index >= 15 is 0 Å².